The molecule has 2 aliphatic heterocycles. The normalized spacial score (nSPS) is 23.4. The van der Waals surface area contributed by atoms with Gasteiger partial charge in [-0.1, -0.05) is 62.1 Å². The second kappa shape index (κ2) is 15.5. The summed E-state index contributed by atoms with van der Waals surface area (Å²) in [7, 11) is 3.15. The van der Waals surface area contributed by atoms with Gasteiger partial charge in [-0.3, -0.25) is 9.59 Å². The smallest absolute Gasteiger partial charge is 0.308 e. The monoisotopic (exact) mass is 766 g/mol. The lowest BCUT2D eigenvalue weighted by Gasteiger charge is -2.39. The molecule has 2 aliphatic carbocycles. The minimum atomic E-state index is -0.648. The third-order valence-corrected chi connectivity index (χ3v) is 12.7. The van der Waals surface area contributed by atoms with Gasteiger partial charge in [0, 0.05) is 48.2 Å². The van der Waals surface area contributed by atoms with Gasteiger partial charge >= 0.3 is 11.9 Å². The molecule has 8 nitrogen and oxygen atoms in total. The Kier molecular flexibility index (Phi) is 11.4. The molecule has 2 aromatic carbocycles. The Labute approximate surface area is 334 Å². The van der Waals surface area contributed by atoms with E-state index in [1.165, 1.54) is 61.8 Å². The van der Waals surface area contributed by atoms with E-state index in [-0.39, 0.29) is 22.3 Å². The predicted molar refractivity (Wildman–Crippen MR) is 223 cm³/mol. The zero-order valence-corrected chi connectivity index (χ0v) is 35.8. The van der Waals surface area contributed by atoms with Gasteiger partial charge < -0.3 is 28.4 Å². The van der Waals surface area contributed by atoms with Crippen LogP contribution < -0.4 is 28.4 Å². The number of methoxy groups -OCH3 is 2. The Balaban J connectivity index is 1.48. The second-order valence-electron chi connectivity index (χ2n) is 18.1. The maximum absolute atomic E-state index is 12.7. The van der Waals surface area contributed by atoms with Gasteiger partial charge in [-0.2, -0.15) is 0 Å². The molecule has 2 aromatic rings. The molecule has 0 spiro atoms. The zero-order chi connectivity index (χ0) is 40.8. The van der Waals surface area contributed by atoms with Crippen molar-refractivity contribution in [2.45, 2.75) is 145 Å². The number of carbonyl (C=O) groups is 2. The lowest BCUT2D eigenvalue weighted by molar-refractivity contribution is -0.132. The minimum absolute atomic E-state index is 0.147. The van der Waals surface area contributed by atoms with E-state index in [9.17, 15) is 9.59 Å². The van der Waals surface area contributed by atoms with Crippen LogP contribution >= 0.6 is 0 Å². The van der Waals surface area contributed by atoms with Crippen LogP contribution in [-0.2, 0) is 9.59 Å². The van der Waals surface area contributed by atoms with E-state index in [0.717, 1.165) is 38.5 Å². The molecule has 0 amide bonds. The SMILES string of the molecule is COc1cc(OC(C)=O)c(-c2c(OC(C)=O)cc(OC)c3c2C=C[C@](C)(CCC2=C(C)CCCC2(C)C)O3)c2c1O[C@](C)(CCC1=C(C)CCCC1(C)C)C=C2. The number of hydrogen-bond donors (Lipinski definition) is 0. The average molecular weight is 767 g/mol. The van der Waals surface area contributed by atoms with E-state index < -0.39 is 23.1 Å². The van der Waals surface area contributed by atoms with Crippen molar-refractivity contribution < 1.29 is 38.0 Å². The number of esters is 2. The van der Waals surface area contributed by atoms with Gasteiger partial charge in [0.05, 0.1) is 14.2 Å². The quantitative estimate of drug-likeness (QED) is 0.127. The minimum Gasteiger partial charge on any atom is -0.493 e. The van der Waals surface area contributed by atoms with Crippen LogP contribution in [0.5, 0.6) is 34.5 Å². The largest absolute Gasteiger partial charge is 0.493 e. The van der Waals surface area contributed by atoms with E-state index in [4.69, 9.17) is 28.4 Å². The fraction of sp³-hybridized carbons (Fsp3) is 0.542. The highest BCUT2D eigenvalue weighted by Gasteiger charge is 2.39. The molecular formula is C48H62O8. The summed E-state index contributed by atoms with van der Waals surface area (Å²) in [6.07, 6.45) is 18.6. The first-order valence-electron chi connectivity index (χ1n) is 20.3. The molecule has 0 radical (unpaired) electrons. The van der Waals surface area contributed by atoms with Crippen LogP contribution in [0.3, 0.4) is 0 Å². The summed E-state index contributed by atoms with van der Waals surface area (Å²) >= 11 is 0. The average Bonchev–Trinajstić information content (AvgIpc) is 3.10. The van der Waals surface area contributed by atoms with Gasteiger partial charge in [0.2, 0.25) is 0 Å². The van der Waals surface area contributed by atoms with E-state index in [1.807, 2.05) is 12.2 Å². The molecule has 0 saturated heterocycles. The van der Waals surface area contributed by atoms with Gasteiger partial charge in [-0.25, -0.2) is 0 Å². The Hall–Kier alpha value is -4.46. The summed E-state index contributed by atoms with van der Waals surface area (Å²) < 4.78 is 37.7. The van der Waals surface area contributed by atoms with Crippen LogP contribution in [0.15, 0.2) is 46.6 Å². The Bertz CT molecular complexity index is 1900. The van der Waals surface area contributed by atoms with Crippen LogP contribution in [0.4, 0.5) is 0 Å². The molecule has 0 saturated carbocycles. The highest BCUT2D eigenvalue weighted by molar-refractivity contribution is 5.97. The molecule has 302 valence electrons. The van der Waals surface area contributed by atoms with Crippen molar-refractivity contribution in [1.29, 1.82) is 0 Å². The standard InChI is InChI=1S/C48H62O8/c1-29-15-13-21-45(5,6)35(29)19-25-47(9)23-17-33-41(37(53-31(3)49)27-39(51-11)43(33)55-47)42-34-18-24-48(10,26-20-36-30(2)16-14-22-46(36,7)8)56-44(34)40(52-12)28-38(42)54-32(4)50/h17-18,23-24,27-28H,13-16,19-22,25-26H2,1-12H3/t47-,48+. The Morgan fingerprint density at radius 2 is 1.00 bits per heavy atom. The molecule has 2 atom stereocenters. The van der Waals surface area contributed by atoms with Crippen molar-refractivity contribution in [3.8, 4) is 45.6 Å². The number of allylic oxidation sites excluding steroid dienone is 4. The second-order valence-corrected chi connectivity index (χ2v) is 18.1. The molecule has 56 heavy (non-hydrogen) atoms. The van der Waals surface area contributed by atoms with Crippen molar-refractivity contribution in [2.24, 2.45) is 10.8 Å². The lowest BCUT2D eigenvalue weighted by Crippen LogP contribution is -2.34. The van der Waals surface area contributed by atoms with Gasteiger partial charge in [0.25, 0.3) is 0 Å². The van der Waals surface area contributed by atoms with Crippen LogP contribution in [-0.4, -0.2) is 37.4 Å². The Morgan fingerprint density at radius 3 is 1.32 bits per heavy atom. The highest BCUT2D eigenvalue weighted by atomic mass is 16.6. The summed E-state index contributed by atoms with van der Waals surface area (Å²) in [5.41, 5.74) is 7.27. The van der Waals surface area contributed by atoms with Crippen molar-refractivity contribution in [3.05, 3.63) is 57.7 Å². The van der Waals surface area contributed by atoms with Gasteiger partial charge in [-0.05, 0) is 115 Å². The van der Waals surface area contributed by atoms with Gasteiger partial charge in [-0.15, -0.1) is 0 Å². The van der Waals surface area contributed by atoms with Crippen LogP contribution in [0.25, 0.3) is 23.3 Å². The molecule has 0 bridgehead atoms. The maximum Gasteiger partial charge on any atom is 0.308 e. The summed E-state index contributed by atoms with van der Waals surface area (Å²) in [5.74, 6) is 1.33. The number of ether oxygens (including phenoxy) is 6. The topological polar surface area (TPSA) is 89.5 Å². The molecule has 0 unspecified atom stereocenters. The molecular weight excluding hydrogens is 705 g/mol. The molecule has 0 N–H and O–H groups in total. The predicted octanol–water partition coefficient (Wildman–Crippen LogP) is 12.2. The lowest BCUT2D eigenvalue weighted by atomic mass is 9.70. The molecule has 0 fully saturated rings. The third-order valence-electron chi connectivity index (χ3n) is 12.7. The first kappa shape index (κ1) is 41.2. The number of carbonyl (C=O) groups excluding carboxylic acids is 2. The summed E-state index contributed by atoms with van der Waals surface area (Å²) in [4.78, 5) is 25.5. The first-order chi connectivity index (χ1) is 26.3. The van der Waals surface area contributed by atoms with Crippen molar-refractivity contribution in [2.75, 3.05) is 14.2 Å². The van der Waals surface area contributed by atoms with Gasteiger partial charge in [0.15, 0.2) is 23.0 Å². The maximum atomic E-state index is 12.7. The zero-order valence-electron chi connectivity index (χ0n) is 35.8. The first-order valence-corrected chi connectivity index (χ1v) is 20.3. The molecule has 8 heteroatoms. The molecule has 6 rings (SSSR count). The van der Waals surface area contributed by atoms with Crippen molar-refractivity contribution >= 4 is 24.1 Å². The number of rotatable bonds is 11. The number of fused-ring (bicyclic) bond motifs is 2. The fourth-order valence-electron chi connectivity index (χ4n) is 9.61. The molecule has 4 aliphatic rings. The number of benzene rings is 2. The summed E-state index contributed by atoms with van der Waals surface area (Å²) in [6, 6.07) is 3.36. The number of hydrogen-bond acceptors (Lipinski definition) is 8. The molecule has 2 heterocycles. The van der Waals surface area contributed by atoms with E-state index in [1.54, 1.807) is 26.4 Å². The van der Waals surface area contributed by atoms with Gasteiger partial charge in [0.1, 0.15) is 22.7 Å². The van der Waals surface area contributed by atoms with E-state index in [0.29, 0.717) is 45.3 Å². The van der Waals surface area contributed by atoms with Crippen molar-refractivity contribution in [3.63, 3.8) is 0 Å². The van der Waals surface area contributed by atoms with Crippen LogP contribution in [0, 0.1) is 10.8 Å². The third kappa shape index (κ3) is 8.17. The van der Waals surface area contributed by atoms with Crippen molar-refractivity contribution in [1.82, 2.24) is 0 Å². The molecule has 0 aromatic heterocycles. The van der Waals surface area contributed by atoms with Crippen LogP contribution in [0.1, 0.15) is 145 Å². The summed E-state index contributed by atoms with van der Waals surface area (Å²) in [5, 5.41) is 0. The fourth-order valence-corrected chi connectivity index (χ4v) is 9.61. The van der Waals surface area contributed by atoms with Crippen LogP contribution in [0.2, 0.25) is 0 Å². The highest BCUT2D eigenvalue weighted by Crippen LogP contribution is 2.57. The van der Waals surface area contributed by atoms with E-state index in [2.05, 4.69) is 67.5 Å². The summed E-state index contributed by atoms with van der Waals surface area (Å²) in [6.45, 7) is 20.8. The Morgan fingerprint density at radius 1 is 0.625 bits per heavy atom. The van der Waals surface area contributed by atoms with E-state index >= 15 is 0 Å².